The van der Waals surface area contributed by atoms with Crippen molar-refractivity contribution < 1.29 is 23.1 Å². The number of thiophene rings is 1. The van der Waals surface area contributed by atoms with Gasteiger partial charge in [-0.1, -0.05) is 0 Å². The Morgan fingerprint density at radius 1 is 1.45 bits per heavy atom. The minimum absolute atomic E-state index is 0.00713. The van der Waals surface area contributed by atoms with E-state index < -0.39 is 16.0 Å². The van der Waals surface area contributed by atoms with E-state index in [0.717, 1.165) is 0 Å². The highest BCUT2D eigenvalue weighted by atomic mass is 79.9. The molecule has 0 aliphatic carbocycles. The fourth-order valence-corrected chi connectivity index (χ4v) is 4.58. The molecule has 2 N–H and O–H groups in total. The molecule has 7 nitrogen and oxygen atoms in total. The maximum atomic E-state index is 12.3. The number of halogens is 1. The van der Waals surface area contributed by atoms with Crippen molar-refractivity contribution in [2.24, 2.45) is 0 Å². The van der Waals surface area contributed by atoms with Crippen LogP contribution >= 0.6 is 27.3 Å². The molecule has 2 rings (SSSR count). The van der Waals surface area contributed by atoms with E-state index in [1.54, 1.807) is 6.92 Å². The minimum Gasteiger partial charge on any atom is -0.481 e. The summed E-state index contributed by atoms with van der Waals surface area (Å²) in [6.07, 6.45) is 0. The lowest BCUT2D eigenvalue weighted by Crippen LogP contribution is -2.12. The second-order valence-electron chi connectivity index (χ2n) is 4.18. The van der Waals surface area contributed by atoms with Gasteiger partial charge in [-0.05, 0) is 40.5 Å². The SMILES string of the molecule is COc1ccc(NS(=O)(=O)c2cc(C)c(C(=O)O)s2)c(Br)n1. The van der Waals surface area contributed by atoms with E-state index in [9.17, 15) is 13.2 Å². The maximum absolute atomic E-state index is 12.3. The van der Waals surface area contributed by atoms with Crippen molar-refractivity contribution in [3.8, 4) is 5.88 Å². The van der Waals surface area contributed by atoms with Crippen LogP contribution in [-0.4, -0.2) is 31.6 Å². The van der Waals surface area contributed by atoms with Gasteiger partial charge in [0.25, 0.3) is 10.0 Å². The number of carboxylic acids is 1. The standard InChI is InChI=1S/C12H11BrN2O5S2/c1-6-5-9(21-10(6)12(16)17)22(18,19)15-7-3-4-8(20-2)14-11(7)13/h3-5,15H,1-2H3,(H,16,17). The van der Waals surface area contributed by atoms with Crippen molar-refractivity contribution in [1.82, 2.24) is 4.98 Å². The largest absolute Gasteiger partial charge is 0.481 e. The fourth-order valence-electron chi connectivity index (χ4n) is 1.60. The molecule has 0 amide bonds. The van der Waals surface area contributed by atoms with Gasteiger partial charge in [0.2, 0.25) is 5.88 Å². The molecule has 0 fully saturated rings. The normalized spacial score (nSPS) is 11.2. The van der Waals surface area contributed by atoms with E-state index >= 15 is 0 Å². The number of hydrogen-bond acceptors (Lipinski definition) is 6. The molecule has 0 aliphatic rings. The lowest BCUT2D eigenvalue weighted by atomic mass is 10.3. The van der Waals surface area contributed by atoms with Gasteiger partial charge in [-0.2, -0.15) is 0 Å². The maximum Gasteiger partial charge on any atom is 0.346 e. The summed E-state index contributed by atoms with van der Waals surface area (Å²) < 4.78 is 32.1. The van der Waals surface area contributed by atoms with E-state index in [0.29, 0.717) is 22.8 Å². The van der Waals surface area contributed by atoms with Crippen molar-refractivity contribution in [2.45, 2.75) is 11.1 Å². The molecule has 10 heteroatoms. The highest BCUT2D eigenvalue weighted by Crippen LogP contribution is 2.30. The molecule has 2 aromatic heterocycles. The number of pyridine rings is 1. The van der Waals surface area contributed by atoms with Crippen molar-refractivity contribution in [1.29, 1.82) is 0 Å². The first-order valence-electron chi connectivity index (χ1n) is 5.81. The Hall–Kier alpha value is -1.65. The average molecular weight is 407 g/mol. The monoisotopic (exact) mass is 406 g/mol. The number of rotatable bonds is 5. The molecular weight excluding hydrogens is 396 g/mol. The van der Waals surface area contributed by atoms with Crippen LogP contribution in [0.25, 0.3) is 0 Å². The third-order valence-corrected chi connectivity index (χ3v) is 6.30. The highest BCUT2D eigenvalue weighted by molar-refractivity contribution is 9.10. The molecule has 0 saturated heterocycles. The number of sulfonamides is 1. The van der Waals surface area contributed by atoms with E-state index in [4.69, 9.17) is 9.84 Å². The van der Waals surface area contributed by atoms with Gasteiger partial charge < -0.3 is 9.84 Å². The fraction of sp³-hybridized carbons (Fsp3) is 0.167. The van der Waals surface area contributed by atoms with Crippen LogP contribution in [0.5, 0.6) is 5.88 Å². The molecule has 0 atom stereocenters. The smallest absolute Gasteiger partial charge is 0.346 e. The number of ether oxygens (including phenoxy) is 1. The molecule has 2 heterocycles. The van der Waals surface area contributed by atoms with Crippen molar-refractivity contribution in [3.63, 3.8) is 0 Å². The third-order valence-electron chi connectivity index (χ3n) is 2.63. The van der Waals surface area contributed by atoms with Crippen LogP contribution in [0.2, 0.25) is 0 Å². The second-order valence-corrected chi connectivity index (χ2v) is 7.89. The van der Waals surface area contributed by atoms with E-state index in [1.165, 1.54) is 25.3 Å². The number of aromatic carboxylic acids is 1. The molecule has 2 aromatic rings. The first-order valence-corrected chi connectivity index (χ1v) is 8.91. The van der Waals surface area contributed by atoms with Gasteiger partial charge >= 0.3 is 5.97 Å². The van der Waals surface area contributed by atoms with Gasteiger partial charge in [0.15, 0.2) is 0 Å². The molecular formula is C12H11BrN2O5S2. The number of carbonyl (C=O) groups is 1. The Balaban J connectivity index is 2.36. The van der Waals surface area contributed by atoms with Crippen molar-refractivity contribution >= 4 is 48.9 Å². The van der Waals surface area contributed by atoms with Crippen LogP contribution in [0.1, 0.15) is 15.2 Å². The number of anilines is 1. The molecule has 0 spiro atoms. The lowest BCUT2D eigenvalue weighted by molar-refractivity contribution is 0.0701. The van der Waals surface area contributed by atoms with Crippen molar-refractivity contribution in [2.75, 3.05) is 11.8 Å². The quantitative estimate of drug-likeness (QED) is 0.739. The number of nitrogens with zero attached hydrogens (tertiary/aromatic N) is 1. The van der Waals surface area contributed by atoms with E-state index in [1.807, 2.05) is 0 Å². The number of aromatic nitrogens is 1. The number of nitrogens with one attached hydrogen (secondary N) is 1. The minimum atomic E-state index is -3.90. The number of hydrogen-bond donors (Lipinski definition) is 2. The van der Waals surface area contributed by atoms with Crippen LogP contribution in [-0.2, 0) is 10.0 Å². The Kier molecular flexibility index (Phi) is 4.73. The molecule has 0 radical (unpaired) electrons. The molecule has 0 unspecified atom stereocenters. The summed E-state index contributed by atoms with van der Waals surface area (Å²) in [6, 6.07) is 4.32. The number of aryl methyl sites for hydroxylation is 1. The van der Waals surface area contributed by atoms with Gasteiger partial charge in [0.1, 0.15) is 13.7 Å². The first-order chi connectivity index (χ1) is 10.2. The average Bonchev–Trinajstić information content (AvgIpc) is 2.84. The summed E-state index contributed by atoms with van der Waals surface area (Å²) >= 11 is 3.84. The first kappa shape index (κ1) is 16.7. The molecule has 0 aromatic carbocycles. The zero-order chi connectivity index (χ0) is 16.5. The Labute approximate surface area is 139 Å². The molecule has 0 saturated carbocycles. The summed E-state index contributed by atoms with van der Waals surface area (Å²) in [6.45, 7) is 1.55. The van der Waals surface area contributed by atoms with Gasteiger partial charge in [-0.3, -0.25) is 4.72 Å². The third kappa shape index (κ3) is 3.39. The van der Waals surface area contributed by atoms with Crippen LogP contribution < -0.4 is 9.46 Å². The van der Waals surface area contributed by atoms with Crippen molar-refractivity contribution in [3.05, 3.63) is 33.2 Å². The zero-order valence-electron chi connectivity index (χ0n) is 11.5. The summed E-state index contributed by atoms with van der Waals surface area (Å²) in [5.74, 6) is -0.828. The number of methoxy groups -OCH3 is 1. The van der Waals surface area contributed by atoms with Crippen LogP contribution in [0, 0.1) is 6.92 Å². The molecule has 0 aliphatic heterocycles. The number of carboxylic acid groups (broad SMARTS) is 1. The molecule has 0 bridgehead atoms. The molecule has 22 heavy (non-hydrogen) atoms. The summed E-state index contributed by atoms with van der Waals surface area (Å²) in [4.78, 5) is 15.0. The summed E-state index contributed by atoms with van der Waals surface area (Å²) in [5, 5.41) is 9.00. The van der Waals surface area contributed by atoms with Crippen LogP contribution in [0.4, 0.5) is 5.69 Å². The predicted molar refractivity (Wildman–Crippen MR) is 85.3 cm³/mol. The van der Waals surface area contributed by atoms with Gasteiger partial charge in [-0.25, -0.2) is 18.2 Å². The van der Waals surface area contributed by atoms with E-state index in [2.05, 4.69) is 25.6 Å². The van der Waals surface area contributed by atoms with E-state index in [-0.39, 0.29) is 19.4 Å². The predicted octanol–water partition coefficient (Wildman–Crippen LogP) is 2.72. The Morgan fingerprint density at radius 3 is 2.64 bits per heavy atom. The zero-order valence-corrected chi connectivity index (χ0v) is 14.7. The molecule has 118 valence electrons. The topological polar surface area (TPSA) is 106 Å². The van der Waals surface area contributed by atoms with Crippen LogP contribution in [0.3, 0.4) is 0 Å². The second kappa shape index (κ2) is 6.23. The van der Waals surface area contributed by atoms with Gasteiger partial charge in [0.05, 0.1) is 12.8 Å². The Bertz CT molecular complexity index is 832. The summed E-state index contributed by atoms with van der Waals surface area (Å²) in [7, 11) is -2.45. The highest BCUT2D eigenvalue weighted by Gasteiger charge is 2.22. The van der Waals surface area contributed by atoms with Crippen LogP contribution in [0.15, 0.2) is 27.0 Å². The Morgan fingerprint density at radius 2 is 2.14 bits per heavy atom. The summed E-state index contributed by atoms with van der Waals surface area (Å²) in [5.41, 5.74) is 0.619. The lowest BCUT2D eigenvalue weighted by Gasteiger charge is -2.08. The van der Waals surface area contributed by atoms with Gasteiger partial charge in [0, 0.05) is 6.07 Å². The van der Waals surface area contributed by atoms with Gasteiger partial charge in [-0.15, -0.1) is 11.3 Å².